The number of rotatable bonds is 7. The molecule has 0 unspecified atom stereocenters. The monoisotopic (exact) mass is 310 g/mol. The van der Waals surface area contributed by atoms with Gasteiger partial charge in [-0.15, -0.1) is 6.58 Å². The molecule has 0 spiro atoms. The van der Waals surface area contributed by atoms with E-state index in [1.165, 1.54) is 16.6 Å². The van der Waals surface area contributed by atoms with Gasteiger partial charge in [-0.05, 0) is 31.7 Å². The fraction of sp³-hybridized carbons (Fsp3) is 0.500. The Labute approximate surface area is 123 Å². The number of nitrogens with zero attached hydrogens (tertiary/aromatic N) is 2. The van der Waals surface area contributed by atoms with Crippen LogP contribution < -0.4 is 0 Å². The summed E-state index contributed by atoms with van der Waals surface area (Å²) in [6.45, 7) is 3.86. The summed E-state index contributed by atoms with van der Waals surface area (Å²) in [7, 11) is -3.66. The molecule has 2 saturated carbocycles. The van der Waals surface area contributed by atoms with E-state index < -0.39 is 16.0 Å². The van der Waals surface area contributed by atoms with E-state index >= 15 is 0 Å². The maximum Gasteiger partial charge on any atom is 0.352 e. The van der Waals surface area contributed by atoms with Gasteiger partial charge in [0.15, 0.2) is 0 Å². The molecule has 6 nitrogen and oxygen atoms in total. The molecule has 1 heterocycles. The van der Waals surface area contributed by atoms with Crippen molar-refractivity contribution in [2.45, 2.75) is 42.7 Å². The van der Waals surface area contributed by atoms with E-state index in [4.69, 9.17) is 0 Å². The Hall–Kier alpha value is -1.60. The van der Waals surface area contributed by atoms with Gasteiger partial charge in [0.25, 0.3) is 0 Å². The predicted molar refractivity (Wildman–Crippen MR) is 76.8 cm³/mol. The summed E-state index contributed by atoms with van der Waals surface area (Å²) in [4.78, 5) is 11.4. The summed E-state index contributed by atoms with van der Waals surface area (Å²) >= 11 is 0. The predicted octanol–water partition coefficient (Wildman–Crippen LogP) is 1.86. The summed E-state index contributed by atoms with van der Waals surface area (Å²) in [6, 6.07) is 1.41. The van der Waals surface area contributed by atoms with Gasteiger partial charge in [0.05, 0.1) is 0 Å². The molecule has 0 aliphatic heterocycles. The van der Waals surface area contributed by atoms with Crippen molar-refractivity contribution in [3.8, 4) is 0 Å². The summed E-state index contributed by atoms with van der Waals surface area (Å²) in [5.74, 6) is -1.09. The third-order valence-corrected chi connectivity index (χ3v) is 5.74. The lowest BCUT2D eigenvalue weighted by Gasteiger charge is -2.19. The van der Waals surface area contributed by atoms with E-state index in [0.717, 1.165) is 25.7 Å². The number of carboxylic acids is 1. The van der Waals surface area contributed by atoms with Crippen LogP contribution in [0.3, 0.4) is 0 Å². The van der Waals surface area contributed by atoms with Crippen LogP contribution in [-0.4, -0.2) is 41.0 Å². The van der Waals surface area contributed by atoms with Crippen molar-refractivity contribution in [2.24, 2.45) is 0 Å². The number of aromatic nitrogens is 1. The first-order chi connectivity index (χ1) is 9.95. The first-order valence-corrected chi connectivity index (χ1v) is 8.47. The highest BCUT2D eigenvalue weighted by atomic mass is 32.2. The van der Waals surface area contributed by atoms with Crippen molar-refractivity contribution >= 4 is 16.0 Å². The van der Waals surface area contributed by atoms with Gasteiger partial charge in [0, 0.05) is 24.8 Å². The minimum Gasteiger partial charge on any atom is -0.477 e. The van der Waals surface area contributed by atoms with Gasteiger partial charge in [0.2, 0.25) is 10.0 Å². The second kappa shape index (κ2) is 4.99. The number of carboxylic acid groups (broad SMARTS) is 1. The summed E-state index contributed by atoms with van der Waals surface area (Å²) in [6.07, 6.45) is 6.52. The molecular formula is C14H18N2O4S. The number of hydrogen-bond acceptors (Lipinski definition) is 3. The molecule has 1 aromatic heterocycles. The summed E-state index contributed by atoms with van der Waals surface area (Å²) < 4.78 is 28.4. The van der Waals surface area contributed by atoms with Crippen LogP contribution in [0.25, 0.3) is 0 Å². The highest BCUT2D eigenvalue weighted by Gasteiger charge is 2.39. The van der Waals surface area contributed by atoms with E-state index in [-0.39, 0.29) is 29.2 Å². The average molecular weight is 310 g/mol. The van der Waals surface area contributed by atoms with Crippen molar-refractivity contribution in [1.82, 2.24) is 8.87 Å². The molecule has 1 N–H and O–H groups in total. The first-order valence-electron chi connectivity index (χ1n) is 7.03. The molecule has 0 amide bonds. The van der Waals surface area contributed by atoms with Crippen LogP contribution in [0.1, 0.15) is 42.2 Å². The zero-order valence-corrected chi connectivity index (χ0v) is 12.4. The largest absolute Gasteiger partial charge is 0.477 e. The minimum absolute atomic E-state index is 0.0190. The molecule has 1 aromatic rings. The maximum atomic E-state index is 12.7. The Morgan fingerprint density at radius 2 is 2.10 bits per heavy atom. The van der Waals surface area contributed by atoms with Gasteiger partial charge in [0.1, 0.15) is 10.6 Å². The van der Waals surface area contributed by atoms with Crippen LogP contribution in [0.15, 0.2) is 29.8 Å². The molecule has 21 heavy (non-hydrogen) atoms. The number of aromatic carboxylic acids is 1. The average Bonchev–Trinajstić information content (AvgIpc) is 3.34. The van der Waals surface area contributed by atoms with Crippen molar-refractivity contribution in [3.63, 3.8) is 0 Å². The first kappa shape index (κ1) is 14.3. The third-order valence-electron chi connectivity index (χ3n) is 3.85. The second-order valence-corrected chi connectivity index (χ2v) is 7.49. The molecule has 0 aromatic carbocycles. The topological polar surface area (TPSA) is 79.6 Å². The lowest BCUT2D eigenvalue weighted by Crippen LogP contribution is -2.33. The van der Waals surface area contributed by atoms with Crippen LogP contribution >= 0.6 is 0 Å². The number of sulfonamides is 1. The van der Waals surface area contributed by atoms with Crippen molar-refractivity contribution in [1.29, 1.82) is 0 Å². The van der Waals surface area contributed by atoms with Gasteiger partial charge in [-0.1, -0.05) is 6.08 Å². The Balaban J connectivity index is 1.99. The zero-order valence-electron chi connectivity index (χ0n) is 11.6. The molecule has 0 bridgehead atoms. The Kier molecular flexibility index (Phi) is 3.41. The molecule has 3 rings (SSSR count). The fourth-order valence-corrected chi connectivity index (χ4v) is 4.17. The van der Waals surface area contributed by atoms with E-state index in [9.17, 15) is 18.3 Å². The highest BCUT2D eigenvalue weighted by molar-refractivity contribution is 7.89. The van der Waals surface area contributed by atoms with E-state index in [2.05, 4.69) is 6.58 Å². The number of hydrogen-bond donors (Lipinski definition) is 1. The van der Waals surface area contributed by atoms with Crippen LogP contribution in [0.2, 0.25) is 0 Å². The normalized spacial score (nSPS) is 18.9. The van der Waals surface area contributed by atoms with Crippen LogP contribution in [0, 0.1) is 0 Å². The zero-order chi connectivity index (χ0) is 15.2. The van der Waals surface area contributed by atoms with Crippen LogP contribution in [0.5, 0.6) is 0 Å². The van der Waals surface area contributed by atoms with Crippen LogP contribution in [0.4, 0.5) is 0 Å². The molecule has 2 aliphatic carbocycles. The molecule has 2 fully saturated rings. The standard InChI is InChI=1S/C14H18N2O4S/c1-2-7-16(11-5-6-11)21(19,20)12-8-13(14(17)18)15(9-12)10-3-4-10/h2,8-11H,1,3-7H2,(H,17,18). The van der Waals surface area contributed by atoms with Crippen molar-refractivity contribution in [3.05, 3.63) is 30.6 Å². The van der Waals surface area contributed by atoms with Gasteiger partial charge in [-0.2, -0.15) is 4.31 Å². The Bertz CT molecular complexity index is 684. The molecule has 2 aliphatic rings. The lowest BCUT2D eigenvalue weighted by atomic mass is 10.4. The molecule has 0 atom stereocenters. The highest BCUT2D eigenvalue weighted by Crippen LogP contribution is 2.38. The Morgan fingerprint density at radius 3 is 2.57 bits per heavy atom. The number of carbonyl (C=O) groups is 1. The second-order valence-electron chi connectivity index (χ2n) is 5.60. The van der Waals surface area contributed by atoms with E-state index in [1.54, 1.807) is 10.6 Å². The van der Waals surface area contributed by atoms with E-state index in [0.29, 0.717) is 0 Å². The third kappa shape index (κ3) is 2.63. The lowest BCUT2D eigenvalue weighted by molar-refractivity contribution is 0.0685. The smallest absolute Gasteiger partial charge is 0.352 e. The molecule has 0 radical (unpaired) electrons. The van der Waals surface area contributed by atoms with Crippen molar-refractivity contribution < 1.29 is 18.3 Å². The quantitative estimate of drug-likeness (QED) is 0.780. The van der Waals surface area contributed by atoms with Crippen molar-refractivity contribution in [2.75, 3.05) is 6.54 Å². The SMILES string of the molecule is C=CCN(C1CC1)S(=O)(=O)c1cc(C(=O)O)n(C2CC2)c1. The summed E-state index contributed by atoms with van der Waals surface area (Å²) in [5, 5.41) is 9.24. The maximum absolute atomic E-state index is 12.7. The molecule has 7 heteroatoms. The van der Waals surface area contributed by atoms with Gasteiger partial charge in [-0.3, -0.25) is 0 Å². The van der Waals surface area contributed by atoms with Gasteiger partial charge < -0.3 is 9.67 Å². The molecular weight excluding hydrogens is 292 g/mol. The van der Waals surface area contributed by atoms with Gasteiger partial charge in [-0.25, -0.2) is 13.2 Å². The van der Waals surface area contributed by atoms with Crippen LogP contribution in [-0.2, 0) is 10.0 Å². The minimum atomic E-state index is -3.66. The molecule has 114 valence electrons. The van der Waals surface area contributed by atoms with Gasteiger partial charge >= 0.3 is 5.97 Å². The fourth-order valence-electron chi connectivity index (χ4n) is 2.49. The van der Waals surface area contributed by atoms with E-state index in [1.807, 2.05) is 0 Å². The summed E-state index contributed by atoms with van der Waals surface area (Å²) in [5.41, 5.74) is 0.0467. The molecule has 0 saturated heterocycles. The Morgan fingerprint density at radius 1 is 1.43 bits per heavy atom.